The van der Waals surface area contributed by atoms with Crippen molar-refractivity contribution in [2.75, 3.05) is 18.0 Å². The molecule has 1 atom stereocenters. The van der Waals surface area contributed by atoms with Crippen LogP contribution in [0.15, 0.2) is 24.3 Å². The van der Waals surface area contributed by atoms with Crippen molar-refractivity contribution in [2.24, 2.45) is 0 Å². The first-order valence-corrected chi connectivity index (χ1v) is 10.6. The number of carbonyl (C=O) groups is 2. The zero-order valence-electron chi connectivity index (χ0n) is 18.9. The summed E-state index contributed by atoms with van der Waals surface area (Å²) in [5.74, 6) is -0.376. The SMILES string of the molecule is Cc1ccccc1Cn1c(N2CCCC(NC(=O)OC(C)(C)C)C2)nc(C)c1C(=O)O. The third-order valence-electron chi connectivity index (χ3n) is 5.34. The Morgan fingerprint density at radius 1 is 1.26 bits per heavy atom. The Hall–Kier alpha value is -3.03. The van der Waals surface area contributed by atoms with Crippen LogP contribution in [-0.4, -0.2) is 51.5 Å². The Labute approximate surface area is 183 Å². The largest absolute Gasteiger partial charge is 0.477 e. The van der Waals surface area contributed by atoms with Gasteiger partial charge >= 0.3 is 12.1 Å². The highest BCUT2D eigenvalue weighted by Gasteiger charge is 2.29. The number of carboxylic acid groups (broad SMARTS) is 1. The van der Waals surface area contributed by atoms with E-state index in [0.717, 1.165) is 30.5 Å². The number of alkyl carbamates (subject to hydrolysis) is 1. The van der Waals surface area contributed by atoms with Crippen molar-refractivity contribution in [3.63, 3.8) is 0 Å². The van der Waals surface area contributed by atoms with E-state index >= 15 is 0 Å². The fourth-order valence-corrected chi connectivity index (χ4v) is 3.93. The molecule has 8 nitrogen and oxygen atoms in total. The minimum absolute atomic E-state index is 0.0965. The predicted octanol–water partition coefficient (Wildman–Crippen LogP) is 3.74. The lowest BCUT2D eigenvalue weighted by atomic mass is 10.1. The van der Waals surface area contributed by atoms with Gasteiger partial charge in [-0.1, -0.05) is 24.3 Å². The molecular weight excluding hydrogens is 396 g/mol. The number of hydrogen-bond acceptors (Lipinski definition) is 5. The van der Waals surface area contributed by atoms with Crippen LogP contribution in [0.5, 0.6) is 0 Å². The normalized spacial score (nSPS) is 16.8. The summed E-state index contributed by atoms with van der Waals surface area (Å²) in [6, 6.07) is 7.84. The summed E-state index contributed by atoms with van der Waals surface area (Å²) < 4.78 is 7.16. The van der Waals surface area contributed by atoms with Crippen LogP contribution in [0.2, 0.25) is 0 Å². The number of aromatic nitrogens is 2. The molecule has 1 aliphatic heterocycles. The second-order valence-corrected chi connectivity index (χ2v) is 9.09. The molecule has 1 aromatic carbocycles. The molecule has 1 saturated heterocycles. The van der Waals surface area contributed by atoms with Crippen molar-refractivity contribution in [1.29, 1.82) is 0 Å². The summed E-state index contributed by atoms with van der Waals surface area (Å²) >= 11 is 0. The van der Waals surface area contributed by atoms with E-state index in [1.54, 1.807) is 11.5 Å². The van der Waals surface area contributed by atoms with Gasteiger partial charge in [-0.2, -0.15) is 0 Å². The second-order valence-electron chi connectivity index (χ2n) is 9.09. The Morgan fingerprint density at radius 2 is 1.97 bits per heavy atom. The average molecular weight is 429 g/mol. The van der Waals surface area contributed by atoms with Gasteiger partial charge in [0.25, 0.3) is 0 Å². The Bertz CT molecular complexity index is 961. The number of benzene rings is 1. The van der Waals surface area contributed by atoms with Crippen molar-refractivity contribution in [3.05, 3.63) is 46.8 Å². The van der Waals surface area contributed by atoms with Gasteiger partial charge in [0.1, 0.15) is 5.60 Å². The number of piperidine rings is 1. The van der Waals surface area contributed by atoms with E-state index in [4.69, 9.17) is 4.74 Å². The van der Waals surface area contributed by atoms with Crippen molar-refractivity contribution in [3.8, 4) is 0 Å². The molecule has 3 rings (SSSR count). The zero-order chi connectivity index (χ0) is 22.8. The summed E-state index contributed by atoms with van der Waals surface area (Å²) in [6.45, 7) is 10.9. The number of nitrogens with zero attached hydrogens (tertiary/aromatic N) is 3. The van der Waals surface area contributed by atoms with Gasteiger partial charge in [-0.3, -0.25) is 4.57 Å². The topological polar surface area (TPSA) is 96.7 Å². The Morgan fingerprint density at radius 3 is 2.61 bits per heavy atom. The quantitative estimate of drug-likeness (QED) is 0.753. The van der Waals surface area contributed by atoms with E-state index in [2.05, 4.69) is 15.2 Å². The maximum absolute atomic E-state index is 12.2. The number of aromatic carboxylic acids is 1. The lowest BCUT2D eigenvalue weighted by Gasteiger charge is -2.34. The van der Waals surface area contributed by atoms with Crippen LogP contribution in [0.1, 0.15) is 60.9 Å². The van der Waals surface area contributed by atoms with Crippen LogP contribution in [0.3, 0.4) is 0 Å². The number of nitrogens with one attached hydrogen (secondary N) is 1. The van der Waals surface area contributed by atoms with Gasteiger partial charge in [-0.05, 0) is 58.6 Å². The number of amides is 1. The first-order chi connectivity index (χ1) is 14.5. The van der Waals surface area contributed by atoms with Crippen molar-refractivity contribution >= 4 is 18.0 Å². The molecule has 2 heterocycles. The van der Waals surface area contributed by atoms with E-state index in [-0.39, 0.29) is 11.7 Å². The predicted molar refractivity (Wildman–Crippen MR) is 119 cm³/mol. The van der Waals surface area contributed by atoms with E-state index in [1.165, 1.54) is 0 Å². The first-order valence-electron chi connectivity index (χ1n) is 10.6. The summed E-state index contributed by atoms with van der Waals surface area (Å²) in [7, 11) is 0. The first kappa shape index (κ1) is 22.7. The van der Waals surface area contributed by atoms with Gasteiger partial charge < -0.3 is 20.1 Å². The Kier molecular flexibility index (Phi) is 6.57. The van der Waals surface area contributed by atoms with Gasteiger partial charge in [-0.15, -0.1) is 0 Å². The standard InChI is InChI=1S/C23H32N4O4/c1-15-9-6-7-10-17(15)13-27-19(20(28)29)16(2)24-21(27)26-12-8-11-18(14-26)25-22(30)31-23(3,4)5/h6-7,9-10,18H,8,11-14H2,1-5H3,(H,25,30)(H,28,29). The summed E-state index contributed by atoms with van der Waals surface area (Å²) in [5, 5.41) is 12.8. The van der Waals surface area contributed by atoms with Crippen molar-refractivity contribution < 1.29 is 19.4 Å². The monoisotopic (exact) mass is 428 g/mol. The minimum Gasteiger partial charge on any atom is -0.477 e. The van der Waals surface area contributed by atoms with Gasteiger partial charge in [-0.25, -0.2) is 14.6 Å². The highest BCUT2D eigenvalue weighted by Crippen LogP contribution is 2.25. The molecule has 1 aromatic heterocycles. The van der Waals surface area contributed by atoms with Crippen LogP contribution in [0.4, 0.5) is 10.7 Å². The van der Waals surface area contributed by atoms with Gasteiger partial charge in [0, 0.05) is 19.1 Å². The number of aryl methyl sites for hydroxylation is 2. The van der Waals surface area contributed by atoms with Crippen LogP contribution in [0, 0.1) is 13.8 Å². The molecule has 0 bridgehead atoms. The third kappa shape index (κ3) is 5.57. The maximum atomic E-state index is 12.2. The van der Waals surface area contributed by atoms with Crippen LogP contribution >= 0.6 is 0 Å². The maximum Gasteiger partial charge on any atom is 0.407 e. The number of carboxylic acids is 1. The molecule has 168 valence electrons. The fraction of sp³-hybridized carbons (Fsp3) is 0.522. The zero-order valence-corrected chi connectivity index (χ0v) is 18.9. The number of hydrogen-bond donors (Lipinski definition) is 2. The summed E-state index contributed by atoms with van der Waals surface area (Å²) in [4.78, 5) is 30.9. The summed E-state index contributed by atoms with van der Waals surface area (Å²) in [6.07, 6.45) is 1.25. The highest BCUT2D eigenvalue weighted by atomic mass is 16.6. The van der Waals surface area contributed by atoms with Crippen LogP contribution < -0.4 is 10.2 Å². The molecule has 1 aliphatic rings. The lowest BCUT2D eigenvalue weighted by Crippen LogP contribution is -2.49. The van der Waals surface area contributed by atoms with Gasteiger partial charge in [0.15, 0.2) is 5.69 Å². The van der Waals surface area contributed by atoms with E-state index in [0.29, 0.717) is 24.7 Å². The lowest BCUT2D eigenvalue weighted by molar-refractivity contribution is 0.0499. The summed E-state index contributed by atoms with van der Waals surface area (Å²) in [5.41, 5.74) is 2.26. The Balaban J connectivity index is 1.86. The number of imidazole rings is 1. The van der Waals surface area contributed by atoms with Gasteiger partial charge in [0.2, 0.25) is 5.95 Å². The molecule has 2 N–H and O–H groups in total. The molecule has 1 fully saturated rings. The number of anilines is 1. The van der Waals surface area contributed by atoms with Crippen molar-refractivity contribution in [1.82, 2.24) is 14.9 Å². The van der Waals surface area contributed by atoms with Crippen LogP contribution in [0.25, 0.3) is 0 Å². The van der Waals surface area contributed by atoms with Crippen molar-refractivity contribution in [2.45, 2.75) is 65.6 Å². The second kappa shape index (κ2) is 8.99. The molecule has 1 amide bonds. The van der Waals surface area contributed by atoms with E-state index in [1.807, 2.05) is 52.0 Å². The number of rotatable bonds is 5. The molecule has 0 radical (unpaired) electrons. The number of ether oxygens (including phenoxy) is 1. The molecule has 0 spiro atoms. The van der Waals surface area contributed by atoms with Gasteiger partial charge in [0.05, 0.1) is 12.2 Å². The van der Waals surface area contributed by atoms with Crippen LogP contribution in [-0.2, 0) is 11.3 Å². The smallest absolute Gasteiger partial charge is 0.407 e. The van der Waals surface area contributed by atoms with E-state index < -0.39 is 17.7 Å². The average Bonchev–Trinajstić information content (AvgIpc) is 2.98. The number of carbonyl (C=O) groups excluding carboxylic acids is 1. The molecule has 1 unspecified atom stereocenters. The fourth-order valence-electron chi connectivity index (χ4n) is 3.93. The van der Waals surface area contributed by atoms with E-state index in [9.17, 15) is 14.7 Å². The molecule has 2 aromatic rings. The third-order valence-corrected chi connectivity index (χ3v) is 5.34. The molecular formula is C23H32N4O4. The molecule has 0 aliphatic carbocycles. The molecule has 8 heteroatoms. The molecule has 0 saturated carbocycles. The molecule has 31 heavy (non-hydrogen) atoms. The minimum atomic E-state index is -0.995. The highest BCUT2D eigenvalue weighted by molar-refractivity contribution is 5.88.